The molecule has 0 aliphatic carbocycles. The molecule has 2 N–H and O–H groups in total. The van der Waals surface area contributed by atoms with Gasteiger partial charge in [-0.05, 0) is 54.4 Å². The fourth-order valence-corrected chi connectivity index (χ4v) is 3.38. The number of carboxylic acid groups (broad SMARTS) is 1. The molecular weight excluding hydrogens is 453 g/mol. The van der Waals surface area contributed by atoms with Gasteiger partial charge in [0.05, 0.1) is 12.7 Å². The Bertz CT molecular complexity index is 1050. The monoisotopic (exact) mass is 473 g/mol. The van der Waals surface area contributed by atoms with Crippen LogP contribution in [-0.4, -0.2) is 18.2 Å². The first kappa shape index (κ1) is 21.6. The summed E-state index contributed by atoms with van der Waals surface area (Å²) in [7, 11) is 1.56. The topological polar surface area (TPSA) is 67.8 Å². The zero-order valence-corrected chi connectivity index (χ0v) is 18.1. The van der Waals surface area contributed by atoms with Gasteiger partial charge in [-0.2, -0.15) is 0 Å². The standard InChI is InChI=1S/C23H21BrFNO4/c1-14-3-6-16(23(27)28)11-20(14)26-12-18-19(24)9-10-21(29-2)22(18)30-13-15-4-7-17(25)8-5-15/h3-11,26H,12-13H2,1-2H3,(H,27,28). The molecule has 7 heteroatoms. The maximum absolute atomic E-state index is 13.1. The van der Waals surface area contributed by atoms with E-state index >= 15 is 0 Å². The van der Waals surface area contributed by atoms with E-state index in [1.54, 1.807) is 43.5 Å². The Morgan fingerprint density at radius 1 is 1.13 bits per heavy atom. The van der Waals surface area contributed by atoms with Crippen molar-refractivity contribution in [1.82, 2.24) is 0 Å². The number of ether oxygens (including phenoxy) is 2. The Morgan fingerprint density at radius 3 is 2.53 bits per heavy atom. The molecule has 156 valence electrons. The van der Waals surface area contributed by atoms with E-state index in [9.17, 15) is 14.3 Å². The summed E-state index contributed by atoms with van der Waals surface area (Å²) in [5.74, 6) is -0.171. The molecule has 3 aromatic rings. The van der Waals surface area contributed by atoms with Crippen LogP contribution in [0, 0.1) is 12.7 Å². The van der Waals surface area contributed by atoms with E-state index in [2.05, 4.69) is 21.2 Å². The Labute approximate surface area is 182 Å². The lowest BCUT2D eigenvalue weighted by atomic mass is 10.1. The van der Waals surface area contributed by atoms with Gasteiger partial charge in [0.1, 0.15) is 12.4 Å². The molecule has 0 heterocycles. The number of nitrogens with one attached hydrogen (secondary N) is 1. The van der Waals surface area contributed by atoms with Crippen molar-refractivity contribution in [2.45, 2.75) is 20.1 Å². The fourth-order valence-electron chi connectivity index (χ4n) is 2.93. The SMILES string of the molecule is COc1ccc(Br)c(CNc2cc(C(=O)O)ccc2C)c1OCc1ccc(F)cc1. The number of rotatable bonds is 8. The van der Waals surface area contributed by atoms with Gasteiger partial charge in [-0.15, -0.1) is 0 Å². The first-order valence-electron chi connectivity index (χ1n) is 9.19. The number of methoxy groups -OCH3 is 1. The molecule has 0 amide bonds. The van der Waals surface area contributed by atoms with Crippen molar-refractivity contribution in [3.05, 3.63) is 87.1 Å². The maximum Gasteiger partial charge on any atom is 0.335 e. The quantitative estimate of drug-likeness (QED) is 0.432. The van der Waals surface area contributed by atoms with Gasteiger partial charge in [0.2, 0.25) is 0 Å². The fraction of sp³-hybridized carbons (Fsp3) is 0.174. The van der Waals surface area contributed by atoms with Crippen LogP contribution in [0.3, 0.4) is 0 Å². The summed E-state index contributed by atoms with van der Waals surface area (Å²) in [6.45, 7) is 2.52. The van der Waals surface area contributed by atoms with Crippen molar-refractivity contribution in [2.75, 3.05) is 12.4 Å². The zero-order valence-electron chi connectivity index (χ0n) is 16.5. The van der Waals surface area contributed by atoms with Crippen molar-refractivity contribution in [3.8, 4) is 11.5 Å². The molecule has 0 saturated carbocycles. The van der Waals surface area contributed by atoms with Gasteiger partial charge in [0, 0.05) is 22.3 Å². The number of hydrogen-bond acceptors (Lipinski definition) is 4. The minimum absolute atomic E-state index is 0.209. The highest BCUT2D eigenvalue weighted by atomic mass is 79.9. The molecule has 0 atom stereocenters. The van der Waals surface area contributed by atoms with Gasteiger partial charge in [-0.25, -0.2) is 9.18 Å². The third-order valence-corrected chi connectivity index (χ3v) is 5.37. The second-order valence-electron chi connectivity index (χ2n) is 6.66. The Morgan fingerprint density at radius 2 is 1.87 bits per heavy atom. The molecule has 0 spiro atoms. The largest absolute Gasteiger partial charge is 0.493 e. The van der Waals surface area contributed by atoms with E-state index in [0.717, 1.165) is 21.2 Å². The lowest BCUT2D eigenvalue weighted by Gasteiger charge is -2.18. The van der Waals surface area contributed by atoms with Gasteiger partial charge < -0.3 is 19.9 Å². The van der Waals surface area contributed by atoms with E-state index in [0.29, 0.717) is 23.7 Å². The number of aryl methyl sites for hydroxylation is 1. The molecule has 0 saturated heterocycles. The first-order valence-corrected chi connectivity index (χ1v) is 9.98. The zero-order chi connectivity index (χ0) is 21.7. The van der Waals surface area contributed by atoms with Crippen molar-refractivity contribution >= 4 is 27.6 Å². The summed E-state index contributed by atoms with van der Waals surface area (Å²) < 4.78 is 25.5. The highest BCUT2D eigenvalue weighted by Gasteiger charge is 2.16. The molecule has 3 aromatic carbocycles. The van der Waals surface area contributed by atoms with Crippen LogP contribution in [0.1, 0.15) is 27.0 Å². The molecule has 0 bridgehead atoms. The smallest absolute Gasteiger partial charge is 0.335 e. The lowest BCUT2D eigenvalue weighted by molar-refractivity contribution is 0.0697. The summed E-state index contributed by atoms with van der Waals surface area (Å²) >= 11 is 3.56. The molecule has 0 aromatic heterocycles. The summed E-state index contributed by atoms with van der Waals surface area (Å²) in [6, 6.07) is 14.7. The van der Waals surface area contributed by atoms with Gasteiger partial charge in [-0.1, -0.05) is 34.1 Å². The molecule has 0 unspecified atom stereocenters. The van der Waals surface area contributed by atoms with Gasteiger partial charge in [0.25, 0.3) is 0 Å². The molecule has 0 aliphatic heterocycles. The predicted molar refractivity (Wildman–Crippen MR) is 117 cm³/mol. The molecule has 5 nitrogen and oxygen atoms in total. The molecule has 0 fully saturated rings. The number of benzene rings is 3. The predicted octanol–water partition coefficient (Wildman–Crippen LogP) is 5.79. The van der Waals surface area contributed by atoms with E-state index in [1.807, 2.05) is 13.0 Å². The van der Waals surface area contributed by atoms with Gasteiger partial charge in [-0.3, -0.25) is 0 Å². The van der Waals surface area contributed by atoms with Crippen LogP contribution < -0.4 is 14.8 Å². The Kier molecular flexibility index (Phi) is 6.95. The highest BCUT2D eigenvalue weighted by Crippen LogP contribution is 2.37. The van der Waals surface area contributed by atoms with Crippen LogP contribution in [0.15, 0.2) is 59.1 Å². The third kappa shape index (κ3) is 5.10. The molecule has 0 aliphatic rings. The Balaban J connectivity index is 1.86. The summed E-state index contributed by atoms with van der Waals surface area (Å²) in [4.78, 5) is 11.3. The van der Waals surface area contributed by atoms with Crippen LogP contribution in [0.4, 0.5) is 10.1 Å². The van der Waals surface area contributed by atoms with E-state index in [4.69, 9.17) is 9.47 Å². The number of hydrogen-bond donors (Lipinski definition) is 2. The van der Waals surface area contributed by atoms with E-state index < -0.39 is 5.97 Å². The summed E-state index contributed by atoms with van der Waals surface area (Å²) in [6.07, 6.45) is 0. The van der Waals surface area contributed by atoms with Crippen LogP contribution in [0.25, 0.3) is 0 Å². The molecular formula is C23H21BrFNO4. The van der Waals surface area contributed by atoms with Crippen molar-refractivity contribution in [3.63, 3.8) is 0 Å². The third-order valence-electron chi connectivity index (χ3n) is 4.62. The van der Waals surface area contributed by atoms with Crippen molar-refractivity contribution < 1.29 is 23.8 Å². The maximum atomic E-state index is 13.1. The van der Waals surface area contributed by atoms with E-state index in [1.165, 1.54) is 12.1 Å². The highest BCUT2D eigenvalue weighted by molar-refractivity contribution is 9.10. The number of aromatic carboxylic acids is 1. The number of carbonyl (C=O) groups is 1. The molecule has 3 rings (SSSR count). The van der Waals surface area contributed by atoms with Crippen LogP contribution in [-0.2, 0) is 13.2 Å². The second kappa shape index (κ2) is 9.63. The second-order valence-corrected chi connectivity index (χ2v) is 7.52. The van der Waals surface area contributed by atoms with Crippen molar-refractivity contribution in [1.29, 1.82) is 0 Å². The van der Waals surface area contributed by atoms with Crippen molar-refractivity contribution in [2.24, 2.45) is 0 Å². The number of carboxylic acids is 1. The average molecular weight is 474 g/mol. The molecule has 0 radical (unpaired) electrons. The van der Waals surface area contributed by atoms with Crippen LogP contribution in [0.5, 0.6) is 11.5 Å². The Hall–Kier alpha value is -3.06. The average Bonchev–Trinajstić information content (AvgIpc) is 2.73. The first-order chi connectivity index (χ1) is 14.4. The van der Waals surface area contributed by atoms with Crippen LogP contribution >= 0.6 is 15.9 Å². The minimum atomic E-state index is -0.982. The minimum Gasteiger partial charge on any atom is -0.493 e. The molecule has 30 heavy (non-hydrogen) atoms. The normalized spacial score (nSPS) is 10.5. The van der Waals surface area contributed by atoms with Gasteiger partial charge >= 0.3 is 5.97 Å². The summed E-state index contributed by atoms with van der Waals surface area (Å²) in [5.41, 5.74) is 3.49. The summed E-state index contributed by atoms with van der Waals surface area (Å²) in [5, 5.41) is 12.5. The van der Waals surface area contributed by atoms with E-state index in [-0.39, 0.29) is 18.0 Å². The number of anilines is 1. The lowest BCUT2D eigenvalue weighted by Crippen LogP contribution is -2.08. The number of halogens is 2. The van der Waals surface area contributed by atoms with Crippen LogP contribution in [0.2, 0.25) is 0 Å². The van der Waals surface area contributed by atoms with Gasteiger partial charge in [0.15, 0.2) is 11.5 Å².